The largest absolute Gasteiger partial charge is 0.383 e. The van der Waals surface area contributed by atoms with E-state index in [2.05, 4.69) is 12.2 Å². The molecule has 0 spiro atoms. The molecule has 4 heteroatoms. The van der Waals surface area contributed by atoms with Crippen molar-refractivity contribution in [2.24, 2.45) is 0 Å². The second-order valence-electron chi connectivity index (χ2n) is 4.50. The first-order valence-corrected chi connectivity index (χ1v) is 6.66. The predicted octanol–water partition coefficient (Wildman–Crippen LogP) is 3.94. The fourth-order valence-electron chi connectivity index (χ4n) is 2.00. The second kappa shape index (κ2) is 7.72. The van der Waals surface area contributed by atoms with Crippen LogP contribution in [0.2, 0.25) is 5.02 Å². The molecule has 18 heavy (non-hydrogen) atoms. The molecular weight excluding hydrogens is 253 g/mol. The van der Waals surface area contributed by atoms with Gasteiger partial charge in [-0.25, -0.2) is 4.39 Å². The van der Waals surface area contributed by atoms with Crippen LogP contribution in [0.4, 0.5) is 4.39 Å². The van der Waals surface area contributed by atoms with Crippen LogP contribution >= 0.6 is 11.6 Å². The third-order valence-electron chi connectivity index (χ3n) is 2.93. The molecule has 1 aromatic carbocycles. The third-order valence-corrected chi connectivity index (χ3v) is 3.24. The fourth-order valence-corrected chi connectivity index (χ4v) is 2.11. The molecule has 0 saturated heterocycles. The van der Waals surface area contributed by atoms with E-state index in [1.54, 1.807) is 13.2 Å². The topological polar surface area (TPSA) is 21.3 Å². The van der Waals surface area contributed by atoms with Crippen LogP contribution in [-0.2, 0) is 4.74 Å². The molecule has 2 atom stereocenters. The number of hydrogen-bond donors (Lipinski definition) is 1. The Hall–Kier alpha value is -0.640. The highest BCUT2D eigenvalue weighted by Gasteiger charge is 2.13. The number of ether oxygens (including phenoxy) is 1. The lowest BCUT2D eigenvalue weighted by molar-refractivity contribution is 0.157. The summed E-state index contributed by atoms with van der Waals surface area (Å²) in [7, 11) is 1.69. The molecule has 0 saturated carbocycles. The Morgan fingerprint density at radius 2 is 2.17 bits per heavy atom. The maximum absolute atomic E-state index is 13.4. The molecule has 0 aliphatic rings. The van der Waals surface area contributed by atoms with Crippen LogP contribution in [0.5, 0.6) is 0 Å². The molecule has 1 N–H and O–H groups in total. The van der Waals surface area contributed by atoms with Gasteiger partial charge in [-0.15, -0.1) is 0 Å². The summed E-state index contributed by atoms with van der Waals surface area (Å²) in [5.41, 5.74) is 0.897. The Labute approximate surface area is 113 Å². The standard InChI is InChI=1S/C14H21ClFNO/c1-4-5-12(9-18-3)17-10(2)11-6-7-13(15)14(16)8-11/h6-8,10,12,17H,4-5,9H2,1-3H3. The van der Waals surface area contributed by atoms with Crippen LogP contribution in [-0.4, -0.2) is 19.8 Å². The molecule has 0 fully saturated rings. The maximum Gasteiger partial charge on any atom is 0.142 e. The summed E-state index contributed by atoms with van der Waals surface area (Å²) in [6.45, 7) is 4.81. The third kappa shape index (κ3) is 4.56. The Kier molecular flexibility index (Phi) is 6.61. The summed E-state index contributed by atoms with van der Waals surface area (Å²) < 4.78 is 18.6. The van der Waals surface area contributed by atoms with Gasteiger partial charge in [0.25, 0.3) is 0 Å². The highest BCUT2D eigenvalue weighted by Crippen LogP contribution is 2.20. The van der Waals surface area contributed by atoms with E-state index >= 15 is 0 Å². The number of rotatable bonds is 7. The lowest BCUT2D eigenvalue weighted by atomic mass is 10.1. The highest BCUT2D eigenvalue weighted by atomic mass is 35.5. The van der Waals surface area contributed by atoms with Crippen molar-refractivity contribution in [3.63, 3.8) is 0 Å². The van der Waals surface area contributed by atoms with Gasteiger partial charge in [-0.3, -0.25) is 0 Å². The van der Waals surface area contributed by atoms with E-state index in [0.29, 0.717) is 6.61 Å². The summed E-state index contributed by atoms with van der Waals surface area (Å²) in [5, 5.41) is 3.61. The molecule has 0 aliphatic heterocycles. The van der Waals surface area contributed by atoms with Gasteiger partial charge < -0.3 is 10.1 Å². The van der Waals surface area contributed by atoms with Gasteiger partial charge in [0.15, 0.2) is 0 Å². The summed E-state index contributed by atoms with van der Waals surface area (Å²) in [5.74, 6) is -0.374. The summed E-state index contributed by atoms with van der Waals surface area (Å²) in [6, 6.07) is 5.28. The van der Waals surface area contributed by atoms with Crippen molar-refractivity contribution in [2.75, 3.05) is 13.7 Å². The van der Waals surface area contributed by atoms with Crippen LogP contribution in [0.25, 0.3) is 0 Å². The van der Waals surface area contributed by atoms with Crippen molar-refractivity contribution < 1.29 is 9.13 Å². The number of halogens is 2. The second-order valence-corrected chi connectivity index (χ2v) is 4.91. The van der Waals surface area contributed by atoms with Gasteiger partial charge in [0.2, 0.25) is 0 Å². The Bertz CT molecular complexity index is 367. The first-order chi connectivity index (χ1) is 8.58. The lowest BCUT2D eigenvalue weighted by Gasteiger charge is -2.23. The van der Waals surface area contributed by atoms with E-state index in [-0.39, 0.29) is 22.9 Å². The molecule has 0 amide bonds. The summed E-state index contributed by atoms with van der Waals surface area (Å²) in [4.78, 5) is 0. The number of methoxy groups -OCH3 is 1. The lowest BCUT2D eigenvalue weighted by Crippen LogP contribution is -2.35. The molecule has 0 heterocycles. The number of benzene rings is 1. The monoisotopic (exact) mass is 273 g/mol. The van der Waals surface area contributed by atoms with Gasteiger partial charge in [-0.1, -0.05) is 31.0 Å². The molecule has 2 unspecified atom stereocenters. The van der Waals surface area contributed by atoms with Gasteiger partial charge in [0.1, 0.15) is 5.82 Å². The van der Waals surface area contributed by atoms with Crippen LogP contribution in [0.3, 0.4) is 0 Å². The first kappa shape index (κ1) is 15.4. The van der Waals surface area contributed by atoms with Crippen LogP contribution in [0, 0.1) is 5.82 Å². The molecule has 0 bridgehead atoms. The van der Waals surface area contributed by atoms with E-state index in [4.69, 9.17) is 16.3 Å². The van der Waals surface area contributed by atoms with Gasteiger partial charge in [-0.05, 0) is 31.0 Å². The van der Waals surface area contributed by atoms with Crippen molar-refractivity contribution in [3.05, 3.63) is 34.6 Å². The zero-order valence-corrected chi connectivity index (χ0v) is 11.9. The van der Waals surface area contributed by atoms with Crippen molar-refractivity contribution >= 4 is 11.6 Å². The normalized spacial score (nSPS) is 14.5. The van der Waals surface area contributed by atoms with E-state index < -0.39 is 0 Å². The molecule has 1 rings (SSSR count). The van der Waals surface area contributed by atoms with Gasteiger partial charge in [0.05, 0.1) is 11.6 Å². The predicted molar refractivity (Wildman–Crippen MR) is 73.5 cm³/mol. The van der Waals surface area contributed by atoms with Crippen LogP contribution in [0.15, 0.2) is 18.2 Å². The van der Waals surface area contributed by atoms with Crippen molar-refractivity contribution in [1.82, 2.24) is 5.32 Å². The molecular formula is C14H21ClFNO. The smallest absolute Gasteiger partial charge is 0.142 e. The number of hydrogen-bond acceptors (Lipinski definition) is 2. The zero-order chi connectivity index (χ0) is 13.5. The quantitative estimate of drug-likeness (QED) is 0.812. The minimum atomic E-state index is -0.374. The van der Waals surface area contributed by atoms with E-state index in [0.717, 1.165) is 18.4 Å². The SMILES string of the molecule is CCCC(COC)NC(C)c1ccc(Cl)c(F)c1. The zero-order valence-electron chi connectivity index (χ0n) is 11.2. The van der Waals surface area contributed by atoms with Crippen molar-refractivity contribution in [2.45, 2.75) is 38.8 Å². The molecule has 2 nitrogen and oxygen atoms in total. The fraction of sp³-hybridized carbons (Fsp3) is 0.571. The average Bonchev–Trinajstić information content (AvgIpc) is 2.33. The van der Waals surface area contributed by atoms with E-state index in [9.17, 15) is 4.39 Å². The molecule has 102 valence electrons. The minimum Gasteiger partial charge on any atom is -0.383 e. The Balaban J connectivity index is 2.67. The molecule has 1 aromatic rings. The van der Waals surface area contributed by atoms with Gasteiger partial charge in [-0.2, -0.15) is 0 Å². The Morgan fingerprint density at radius 3 is 2.72 bits per heavy atom. The van der Waals surface area contributed by atoms with Crippen LogP contribution in [0.1, 0.15) is 38.3 Å². The van der Waals surface area contributed by atoms with Gasteiger partial charge in [0, 0.05) is 19.2 Å². The van der Waals surface area contributed by atoms with Crippen molar-refractivity contribution in [3.8, 4) is 0 Å². The van der Waals surface area contributed by atoms with Crippen molar-refractivity contribution in [1.29, 1.82) is 0 Å². The Morgan fingerprint density at radius 1 is 1.44 bits per heavy atom. The average molecular weight is 274 g/mol. The van der Waals surface area contributed by atoms with Crippen LogP contribution < -0.4 is 5.32 Å². The summed E-state index contributed by atoms with van der Waals surface area (Å²) in [6.07, 6.45) is 2.12. The first-order valence-electron chi connectivity index (χ1n) is 6.28. The highest BCUT2D eigenvalue weighted by molar-refractivity contribution is 6.30. The summed E-state index contributed by atoms with van der Waals surface area (Å²) >= 11 is 5.68. The van der Waals surface area contributed by atoms with Gasteiger partial charge >= 0.3 is 0 Å². The molecule has 0 aromatic heterocycles. The van der Waals surface area contributed by atoms with E-state index in [1.807, 2.05) is 13.0 Å². The number of nitrogens with one attached hydrogen (secondary N) is 1. The van der Waals surface area contributed by atoms with E-state index in [1.165, 1.54) is 6.07 Å². The minimum absolute atomic E-state index is 0.0727. The molecule has 0 aliphatic carbocycles. The maximum atomic E-state index is 13.4. The molecule has 0 radical (unpaired) electrons.